The minimum absolute atomic E-state index is 0.255. The maximum Gasteiger partial charge on any atom is 0.333 e. The van der Waals surface area contributed by atoms with Crippen LogP contribution in [0.25, 0.3) is 0 Å². The van der Waals surface area contributed by atoms with Crippen LogP contribution in [0.5, 0.6) is 0 Å². The van der Waals surface area contributed by atoms with Crippen molar-refractivity contribution in [3.8, 4) is 0 Å². The van der Waals surface area contributed by atoms with Gasteiger partial charge in [-0.3, -0.25) is 0 Å². The van der Waals surface area contributed by atoms with Crippen LogP contribution in [0.3, 0.4) is 0 Å². The van der Waals surface area contributed by atoms with Gasteiger partial charge in [-0.05, 0) is 18.9 Å². The van der Waals surface area contributed by atoms with Crippen LogP contribution in [-0.4, -0.2) is 18.7 Å². The first-order valence-electron chi connectivity index (χ1n) is 5.75. The van der Waals surface area contributed by atoms with E-state index in [1.807, 2.05) is 36.4 Å². The number of esters is 1. The molecule has 3 nitrogen and oxygen atoms in total. The molecule has 1 unspecified atom stereocenters. The number of ether oxygens (including phenoxy) is 2. The molecule has 0 saturated carbocycles. The Morgan fingerprint density at radius 3 is 2.82 bits per heavy atom. The van der Waals surface area contributed by atoms with E-state index >= 15 is 0 Å². The molecule has 3 heteroatoms. The number of benzene rings is 1. The van der Waals surface area contributed by atoms with Crippen molar-refractivity contribution in [2.75, 3.05) is 6.61 Å². The number of rotatable bonds is 5. The number of hydrogen-bond donors (Lipinski definition) is 0. The average Bonchev–Trinajstić information content (AvgIpc) is 3.18. The van der Waals surface area contributed by atoms with Gasteiger partial charge in [-0.2, -0.15) is 0 Å². The summed E-state index contributed by atoms with van der Waals surface area (Å²) in [5.74, 6) is -0.255. The molecule has 2 rings (SSSR count). The molecular weight excluding hydrogens is 216 g/mol. The number of carbonyl (C=O) groups excluding carboxylic acids is 1. The summed E-state index contributed by atoms with van der Waals surface area (Å²) in [6.45, 7) is 2.91. The summed E-state index contributed by atoms with van der Waals surface area (Å²) in [5, 5.41) is 0. The van der Waals surface area contributed by atoms with Gasteiger partial charge in [0.15, 0.2) is 0 Å². The second-order valence-corrected chi connectivity index (χ2v) is 4.14. The van der Waals surface area contributed by atoms with Gasteiger partial charge in [-0.25, -0.2) is 4.79 Å². The fourth-order valence-electron chi connectivity index (χ4n) is 1.43. The van der Waals surface area contributed by atoms with Gasteiger partial charge < -0.3 is 9.47 Å². The van der Waals surface area contributed by atoms with Crippen LogP contribution in [0.2, 0.25) is 0 Å². The standard InChI is InChI=1S/C14H16O3/c1-11(7-8-13-10-16-13)14(15)17-9-12-5-3-2-4-6-12/h2-7,13H,8-10H2,1H3/b11-7+. The van der Waals surface area contributed by atoms with Crippen LogP contribution in [0.15, 0.2) is 42.0 Å². The second kappa shape index (κ2) is 5.64. The largest absolute Gasteiger partial charge is 0.457 e. The lowest BCUT2D eigenvalue weighted by Gasteiger charge is -2.04. The van der Waals surface area contributed by atoms with E-state index in [1.165, 1.54) is 0 Å². The van der Waals surface area contributed by atoms with Crippen LogP contribution in [0.4, 0.5) is 0 Å². The van der Waals surface area contributed by atoms with E-state index in [0.29, 0.717) is 18.3 Å². The zero-order chi connectivity index (χ0) is 12.1. The molecule has 0 bridgehead atoms. The highest BCUT2D eigenvalue weighted by atomic mass is 16.6. The fraction of sp³-hybridized carbons (Fsp3) is 0.357. The van der Waals surface area contributed by atoms with Crippen LogP contribution >= 0.6 is 0 Å². The summed E-state index contributed by atoms with van der Waals surface area (Å²) in [6.07, 6.45) is 2.99. The van der Waals surface area contributed by atoms with Crippen molar-refractivity contribution in [3.63, 3.8) is 0 Å². The molecule has 0 N–H and O–H groups in total. The van der Waals surface area contributed by atoms with Gasteiger partial charge in [0.2, 0.25) is 0 Å². The predicted molar refractivity (Wildman–Crippen MR) is 64.4 cm³/mol. The molecule has 1 aliphatic rings. The summed E-state index contributed by atoms with van der Waals surface area (Å²) in [5.41, 5.74) is 1.65. The Morgan fingerprint density at radius 1 is 1.47 bits per heavy atom. The Kier molecular flexibility index (Phi) is 3.94. The van der Waals surface area contributed by atoms with Gasteiger partial charge in [0.1, 0.15) is 6.61 Å². The van der Waals surface area contributed by atoms with E-state index in [2.05, 4.69) is 0 Å². The van der Waals surface area contributed by atoms with Gasteiger partial charge >= 0.3 is 5.97 Å². The zero-order valence-electron chi connectivity index (χ0n) is 9.89. The summed E-state index contributed by atoms with van der Waals surface area (Å²) >= 11 is 0. The molecule has 0 aliphatic carbocycles. The second-order valence-electron chi connectivity index (χ2n) is 4.14. The first kappa shape index (κ1) is 11.9. The molecular formula is C14H16O3. The third-order valence-corrected chi connectivity index (χ3v) is 2.62. The van der Waals surface area contributed by atoms with Crippen molar-refractivity contribution in [2.45, 2.75) is 26.1 Å². The highest BCUT2D eigenvalue weighted by Gasteiger charge is 2.21. The first-order chi connectivity index (χ1) is 8.25. The molecule has 1 aromatic carbocycles. The summed E-state index contributed by atoms with van der Waals surface area (Å²) < 4.78 is 10.3. The van der Waals surface area contributed by atoms with Crippen LogP contribution in [0, 0.1) is 0 Å². The zero-order valence-corrected chi connectivity index (χ0v) is 9.89. The Balaban J connectivity index is 1.78. The Morgan fingerprint density at radius 2 is 2.18 bits per heavy atom. The van der Waals surface area contributed by atoms with E-state index < -0.39 is 0 Å². The minimum atomic E-state index is -0.255. The molecule has 0 spiro atoms. The monoisotopic (exact) mass is 232 g/mol. The maximum absolute atomic E-state index is 11.6. The lowest BCUT2D eigenvalue weighted by atomic mass is 10.2. The van der Waals surface area contributed by atoms with Gasteiger partial charge in [0.25, 0.3) is 0 Å². The van der Waals surface area contributed by atoms with Gasteiger partial charge in [-0.1, -0.05) is 36.4 Å². The predicted octanol–water partition coefficient (Wildman–Crippen LogP) is 2.47. The van der Waals surface area contributed by atoms with Crippen molar-refractivity contribution < 1.29 is 14.3 Å². The topological polar surface area (TPSA) is 38.8 Å². The van der Waals surface area contributed by atoms with E-state index in [4.69, 9.17) is 9.47 Å². The van der Waals surface area contributed by atoms with Crippen molar-refractivity contribution in [1.29, 1.82) is 0 Å². The summed E-state index contributed by atoms with van der Waals surface area (Å²) in [7, 11) is 0. The van der Waals surface area contributed by atoms with Crippen molar-refractivity contribution >= 4 is 5.97 Å². The molecule has 1 fully saturated rings. The van der Waals surface area contributed by atoms with Crippen molar-refractivity contribution in [1.82, 2.24) is 0 Å². The Bertz CT molecular complexity index is 405. The molecule has 0 aromatic heterocycles. The number of epoxide rings is 1. The number of hydrogen-bond acceptors (Lipinski definition) is 3. The van der Waals surface area contributed by atoms with Gasteiger partial charge in [-0.15, -0.1) is 0 Å². The first-order valence-corrected chi connectivity index (χ1v) is 5.75. The average molecular weight is 232 g/mol. The maximum atomic E-state index is 11.6. The van der Waals surface area contributed by atoms with Crippen LogP contribution in [-0.2, 0) is 20.9 Å². The minimum Gasteiger partial charge on any atom is -0.457 e. The van der Waals surface area contributed by atoms with Crippen LogP contribution in [0.1, 0.15) is 18.9 Å². The molecule has 1 saturated heterocycles. The van der Waals surface area contributed by atoms with E-state index in [1.54, 1.807) is 6.92 Å². The third kappa shape index (κ3) is 4.04. The van der Waals surface area contributed by atoms with Gasteiger partial charge in [0.05, 0.1) is 12.7 Å². The summed E-state index contributed by atoms with van der Waals surface area (Å²) in [4.78, 5) is 11.6. The molecule has 1 aliphatic heterocycles. The quantitative estimate of drug-likeness (QED) is 0.444. The van der Waals surface area contributed by atoms with E-state index in [9.17, 15) is 4.79 Å². The highest BCUT2D eigenvalue weighted by molar-refractivity contribution is 5.87. The van der Waals surface area contributed by atoms with E-state index in [0.717, 1.165) is 18.6 Å². The lowest BCUT2D eigenvalue weighted by Crippen LogP contribution is -2.06. The highest BCUT2D eigenvalue weighted by Crippen LogP contribution is 2.15. The molecule has 90 valence electrons. The molecule has 1 aromatic rings. The normalized spacial score (nSPS) is 18.9. The van der Waals surface area contributed by atoms with Crippen molar-refractivity contribution in [3.05, 3.63) is 47.5 Å². The Labute approximate surface area is 101 Å². The van der Waals surface area contributed by atoms with Gasteiger partial charge in [0, 0.05) is 5.57 Å². The smallest absolute Gasteiger partial charge is 0.333 e. The molecule has 0 amide bonds. The molecule has 1 heterocycles. The molecule has 1 atom stereocenters. The molecule has 0 radical (unpaired) electrons. The lowest BCUT2D eigenvalue weighted by molar-refractivity contribution is -0.140. The molecule has 17 heavy (non-hydrogen) atoms. The Hall–Kier alpha value is -1.61. The van der Waals surface area contributed by atoms with Crippen LogP contribution < -0.4 is 0 Å². The van der Waals surface area contributed by atoms with E-state index in [-0.39, 0.29) is 5.97 Å². The van der Waals surface area contributed by atoms with Crippen molar-refractivity contribution in [2.24, 2.45) is 0 Å². The third-order valence-electron chi connectivity index (χ3n) is 2.62. The summed E-state index contributed by atoms with van der Waals surface area (Å²) in [6, 6.07) is 9.66. The number of carbonyl (C=O) groups is 1. The SMILES string of the molecule is C/C(=C\CC1CO1)C(=O)OCc1ccccc1. The fourth-order valence-corrected chi connectivity index (χ4v) is 1.43.